The van der Waals surface area contributed by atoms with Crippen LogP contribution in [0.15, 0.2) is 47.5 Å². The third kappa shape index (κ3) is 11.2. The Bertz CT molecular complexity index is 1270. The zero-order valence-corrected chi connectivity index (χ0v) is 26.8. The van der Waals surface area contributed by atoms with E-state index >= 15 is 0 Å². The Kier molecular flexibility index (Phi) is 14.3. The molecule has 13 heteroatoms. The summed E-state index contributed by atoms with van der Waals surface area (Å²) in [6.07, 6.45) is 0.230. The second-order valence-electron chi connectivity index (χ2n) is 10.8. The molecule has 2 aliphatic rings. The lowest BCUT2D eigenvalue weighted by Gasteiger charge is -2.36. The maximum atomic E-state index is 11.8. The summed E-state index contributed by atoms with van der Waals surface area (Å²) >= 11 is 6.28. The molecular weight excluding hydrogens is 600 g/mol. The van der Waals surface area contributed by atoms with Crippen molar-refractivity contribution in [1.82, 2.24) is 20.0 Å². The number of hydrogen-bond donors (Lipinski definition) is 3. The molecule has 0 bridgehead atoms. The van der Waals surface area contributed by atoms with Gasteiger partial charge in [-0.2, -0.15) is 0 Å². The number of anilines is 2. The number of rotatable bonds is 17. The lowest BCUT2D eigenvalue weighted by atomic mass is 10.1. The molecule has 1 fully saturated rings. The summed E-state index contributed by atoms with van der Waals surface area (Å²) in [5.41, 5.74) is 3.91. The number of para-hydroxylation sites is 1. The number of benzene rings is 2. The standard InChI is InChI=1S/C32H45ClN6O6/c1-37(15-17-40)31(42)9-8-30(41)34-10-18-43-20-22-45-23-21-44-19-16-38-11-13-39(14-12-38)32-26-4-2-3-5-27(26)35-28-7-6-25(33)24-29(28)36-32/h2-7,24,35,40H,8-23H2,1H3,(H,34,41). The fourth-order valence-corrected chi connectivity index (χ4v) is 5.17. The second kappa shape index (κ2) is 18.6. The SMILES string of the molecule is CN(CCO)C(=O)CCC(=O)NCCOCCOCCOCCN1CCN(C2=Nc3cc(Cl)ccc3Nc3ccccc32)CC1. The van der Waals surface area contributed by atoms with Crippen molar-refractivity contribution in [1.29, 1.82) is 0 Å². The summed E-state index contributed by atoms with van der Waals surface area (Å²) in [6.45, 7) is 7.90. The van der Waals surface area contributed by atoms with Gasteiger partial charge in [-0.3, -0.25) is 14.5 Å². The number of halogens is 1. The largest absolute Gasteiger partial charge is 0.395 e. The smallest absolute Gasteiger partial charge is 0.222 e. The molecule has 12 nitrogen and oxygen atoms in total. The number of carbonyl (C=O) groups excluding carboxylic acids is 2. The minimum atomic E-state index is -0.200. The number of nitrogens with one attached hydrogen (secondary N) is 2. The van der Waals surface area contributed by atoms with Crippen LogP contribution in [0.3, 0.4) is 0 Å². The molecule has 0 spiro atoms. The third-order valence-corrected chi connectivity index (χ3v) is 7.82. The number of aliphatic hydroxyl groups excluding tert-OH is 1. The van der Waals surface area contributed by atoms with Crippen LogP contribution < -0.4 is 10.6 Å². The molecule has 0 atom stereocenters. The number of likely N-dealkylation sites (N-methyl/N-ethyl adjacent to an activating group) is 1. The minimum Gasteiger partial charge on any atom is -0.395 e. The van der Waals surface area contributed by atoms with Gasteiger partial charge < -0.3 is 39.8 Å². The molecule has 45 heavy (non-hydrogen) atoms. The van der Waals surface area contributed by atoms with Crippen molar-refractivity contribution in [2.24, 2.45) is 4.99 Å². The molecule has 2 heterocycles. The van der Waals surface area contributed by atoms with E-state index in [9.17, 15) is 9.59 Å². The Morgan fingerprint density at radius 2 is 1.67 bits per heavy atom. The van der Waals surface area contributed by atoms with Gasteiger partial charge in [0.2, 0.25) is 11.8 Å². The van der Waals surface area contributed by atoms with Crippen LogP contribution in [-0.4, -0.2) is 137 Å². The molecule has 0 radical (unpaired) electrons. The molecule has 2 aliphatic heterocycles. The molecule has 0 saturated carbocycles. The third-order valence-electron chi connectivity index (χ3n) is 7.59. The molecule has 2 aromatic rings. The highest BCUT2D eigenvalue weighted by Crippen LogP contribution is 2.36. The fraction of sp³-hybridized carbons (Fsp3) is 0.531. The van der Waals surface area contributed by atoms with Gasteiger partial charge in [-0.25, -0.2) is 4.99 Å². The van der Waals surface area contributed by atoms with Gasteiger partial charge >= 0.3 is 0 Å². The molecule has 2 aromatic carbocycles. The Balaban J connectivity index is 1.02. The molecule has 1 saturated heterocycles. The van der Waals surface area contributed by atoms with Crippen molar-refractivity contribution in [3.63, 3.8) is 0 Å². The molecular formula is C32H45ClN6O6. The van der Waals surface area contributed by atoms with E-state index in [4.69, 9.17) is 35.9 Å². The van der Waals surface area contributed by atoms with E-state index in [1.54, 1.807) is 7.05 Å². The highest BCUT2D eigenvalue weighted by Gasteiger charge is 2.25. The second-order valence-corrected chi connectivity index (χ2v) is 11.3. The zero-order chi connectivity index (χ0) is 31.9. The first kappa shape index (κ1) is 34.6. The number of amidine groups is 1. The predicted octanol–water partition coefficient (Wildman–Crippen LogP) is 2.49. The number of amides is 2. The van der Waals surface area contributed by atoms with Crippen molar-refractivity contribution in [3.05, 3.63) is 53.1 Å². The number of aliphatic imine (C=N–C) groups is 1. The van der Waals surface area contributed by atoms with Crippen molar-refractivity contribution in [2.75, 3.05) is 104 Å². The van der Waals surface area contributed by atoms with Crippen LogP contribution in [-0.2, 0) is 23.8 Å². The summed E-state index contributed by atoms with van der Waals surface area (Å²) in [4.78, 5) is 34.8. The molecule has 4 rings (SSSR count). The quantitative estimate of drug-likeness (QED) is 0.223. The molecule has 0 aliphatic carbocycles. The van der Waals surface area contributed by atoms with E-state index in [2.05, 4.69) is 32.6 Å². The van der Waals surface area contributed by atoms with Gasteiger partial charge in [0.25, 0.3) is 0 Å². The first-order valence-electron chi connectivity index (χ1n) is 15.5. The fourth-order valence-electron chi connectivity index (χ4n) is 5.01. The average Bonchev–Trinajstić information content (AvgIpc) is 3.21. The van der Waals surface area contributed by atoms with Crippen LogP contribution in [0.5, 0.6) is 0 Å². The van der Waals surface area contributed by atoms with E-state index in [0.717, 1.165) is 61.2 Å². The summed E-state index contributed by atoms with van der Waals surface area (Å²) in [7, 11) is 1.60. The van der Waals surface area contributed by atoms with Crippen molar-refractivity contribution in [2.45, 2.75) is 12.8 Å². The molecule has 2 amide bonds. The maximum absolute atomic E-state index is 11.8. The number of hydrogen-bond acceptors (Lipinski definition) is 10. The average molecular weight is 645 g/mol. The molecule has 3 N–H and O–H groups in total. The van der Waals surface area contributed by atoms with E-state index < -0.39 is 0 Å². The minimum absolute atomic E-state index is 0.0961. The lowest BCUT2D eigenvalue weighted by molar-refractivity contribution is -0.132. The summed E-state index contributed by atoms with van der Waals surface area (Å²) < 4.78 is 16.8. The zero-order valence-electron chi connectivity index (χ0n) is 26.0. The number of ether oxygens (including phenoxy) is 3. The maximum Gasteiger partial charge on any atom is 0.222 e. The van der Waals surface area contributed by atoms with E-state index in [1.165, 1.54) is 4.90 Å². The summed E-state index contributed by atoms with van der Waals surface area (Å²) in [5, 5.41) is 15.8. The topological polar surface area (TPSA) is 128 Å². The normalized spacial score (nSPS) is 14.6. The highest BCUT2D eigenvalue weighted by molar-refractivity contribution is 6.31. The Hall–Kier alpha value is -3.26. The number of piperazine rings is 1. The van der Waals surface area contributed by atoms with Gasteiger partial charge in [-0.1, -0.05) is 23.7 Å². The van der Waals surface area contributed by atoms with E-state index in [1.807, 2.05) is 30.3 Å². The first-order chi connectivity index (χ1) is 21.9. The van der Waals surface area contributed by atoms with Gasteiger partial charge in [-0.05, 0) is 30.3 Å². The Labute approximate surface area is 270 Å². The molecule has 0 unspecified atom stereocenters. The van der Waals surface area contributed by atoms with Gasteiger partial charge in [0.05, 0.1) is 57.6 Å². The van der Waals surface area contributed by atoms with Crippen LogP contribution in [0, 0.1) is 0 Å². The number of nitrogens with zero attached hydrogens (tertiary/aromatic N) is 4. The summed E-state index contributed by atoms with van der Waals surface area (Å²) in [5.74, 6) is 0.598. The first-order valence-corrected chi connectivity index (χ1v) is 15.9. The highest BCUT2D eigenvalue weighted by atomic mass is 35.5. The lowest BCUT2D eigenvalue weighted by Crippen LogP contribution is -2.49. The van der Waals surface area contributed by atoms with E-state index in [-0.39, 0.29) is 37.8 Å². The van der Waals surface area contributed by atoms with Crippen LogP contribution in [0.4, 0.5) is 17.1 Å². The van der Waals surface area contributed by atoms with Crippen molar-refractivity contribution >= 4 is 46.3 Å². The van der Waals surface area contributed by atoms with Gasteiger partial charge in [-0.15, -0.1) is 0 Å². The van der Waals surface area contributed by atoms with Crippen LogP contribution >= 0.6 is 11.6 Å². The van der Waals surface area contributed by atoms with Crippen molar-refractivity contribution < 1.29 is 28.9 Å². The van der Waals surface area contributed by atoms with Crippen molar-refractivity contribution in [3.8, 4) is 0 Å². The van der Waals surface area contributed by atoms with Gasteiger partial charge in [0.15, 0.2) is 0 Å². The number of fused-ring (bicyclic) bond motifs is 2. The van der Waals surface area contributed by atoms with Crippen LogP contribution in [0.1, 0.15) is 18.4 Å². The monoisotopic (exact) mass is 644 g/mol. The Morgan fingerprint density at radius 3 is 2.42 bits per heavy atom. The van der Waals surface area contributed by atoms with Crippen LogP contribution in [0.25, 0.3) is 0 Å². The molecule has 246 valence electrons. The number of carbonyl (C=O) groups is 2. The molecule has 0 aromatic heterocycles. The van der Waals surface area contributed by atoms with E-state index in [0.29, 0.717) is 51.2 Å². The Morgan fingerprint density at radius 1 is 0.956 bits per heavy atom. The summed E-state index contributed by atoms with van der Waals surface area (Å²) in [6, 6.07) is 14.0. The van der Waals surface area contributed by atoms with Gasteiger partial charge in [0, 0.05) is 82.0 Å². The predicted molar refractivity (Wildman–Crippen MR) is 175 cm³/mol. The van der Waals surface area contributed by atoms with Crippen LogP contribution in [0.2, 0.25) is 5.02 Å². The number of aliphatic hydroxyl groups is 1. The van der Waals surface area contributed by atoms with Gasteiger partial charge in [0.1, 0.15) is 5.84 Å².